The summed E-state index contributed by atoms with van der Waals surface area (Å²) >= 11 is 0. The van der Waals surface area contributed by atoms with Crippen LogP contribution in [0.3, 0.4) is 0 Å². The molecule has 0 aromatic heterocycles. The van der Waals surface area contributed by atoms with Crippen LogP contribution in [0, 0.1) is 6.92 Å². The molecule has 1 N–H and O–H groups in total. The molecule has 2 aromatic rings. The van der Waals surface area contributed by atoms with E-state index in [1.807, 2.05) is 37.3 Å². The van der Waals surface area contributed by atoms with Gasteiger partial charge in [-0.25, -0.2) is 0 Å². The van der Waals surface area contributed by atoms with E-state index in [0.29, 0.717) is 18.5 Å². The summed E-state index contributed by atoms with van der Waals surface area (Å²) in [6, 6.07) is 11.2. The Morgan fingerprint density at radius 3 is 2.73 bits per heavy atom. The second-order valence-corrected chi connectivity index (χ2v) is 6.43. The van der Waals surface area contributed by atoms with E-state index in [1.54, 1.807) is 20.3 Å². The van der Waals surface area contributed by atoms with Crippen molar-refractivity contribution in [3.05, 3.63) is 58.7 Å². The van der Waals surface area contributed by atoms with E-state index < -0.39 is 5.92 Å². The van der Waals surface area contributed by atoms with Crippen molar-refractivity contribution < 1.29 is 19.1 Å². The standard InChI is InChI=1S/C21H23NO4/c1-13-5-4-6-16-18(23)12-17(20(13)16)21(24)22-10-9-14-11-15(25-2)7-8-19(14)26-3/h4-8,11,17H,9-10,12H2,1-3H3,(H,22,24). The van der Waals surface area contributed by atoms with E-state index in [-0.39, 0.29) is 18.1 Å². The van der Waals surface area contributed by atoms with Crippen molar-refractivity contribution in [2.45, 2.75) is 25.7 Å². The first-order chi connectivity index (χ1) is 12.5. The molecule has 0 fully saturated rings. The molecule has 26 heavy (non-hydrogen) atoms. The molecule has 136 valence electrons. The third-order valence-electron chi connectivity index (χ3n) is 4.86. The number of methoxy groups -OCH3 is 2. The minimum Gasteiger partial charge on any atom is -0.497 e. The normalized spacial score (nSPS) is 15.5. The van der Waals surface area contributed by atoms with E-state index in [2.05, 4.69) is 5.32 Å². The summed E-state index contributed by atoms with van der Waals surface area (Å²) in [5.74, 6) is 1.05. The van der Waals surface area contributed by atoms with Crippen molar-refractivity contribution in [3.63, 3.8) is 0 Å². The van der Waals surface area contributed by atoms with Crippen LogP contribution in [0.2, 0.25) is 0 Å². The highest BCUT2D eigenvalue weighted by Gasteiger charge is 2.35. The molecule has 0 saturated heterocycles. The summed E-state index contributed by atoms with van der Waals surface area (Å²) in [5, 5.41) is 2.96. The fourth-order valence-corrected chi connectivity index (χ4v) is 3.53. The van der Waals surface area contributed by atoms with Crippen LogP contribution in [-0.4, -0.2) is 32.5 Å². The first-order valence-electron chi connectivity index (χ1n) is 8.66. The van der Waals surface area contributed by atoms with Gasteiger partial charge in [-0.1, -0.05) is 18.2 Å². The fourth-order valence-electron chi connectivity index (χ4n) is 3.53. The maximum atomic E-state index is 12.7. The predicted octanol–water partition coefficient (Wildman–Crippen LogP) is 3.04. The van der Waals surface area contributed by atoms with Crippen LogP contribution in [0.25, 0.3) is 0 Å². The number of ketones is 1. The number of benzene rings is 2. The molecule has 0 heterocycles. The van der Waals surface area contributed by atoms with Crippen LogP contribution < -0.4 is 14.8 Å². The first-order valence-corrected chi connectivity index (χ1v) is 8.66. The second-order valence-electron chi connectivity index (χ2n) is 6.43. The lowest BCUT2D eigenvalue weighted by atomic mass is 9.96. The van der Waals surface area contributed by atoms with E-state index in [1.165, 1.54) is 0 Å². The van der Waals surface area contributed by atoms with Crippen LogP contribution in [0.4, 0.5) is 0 Å². The molecule has 1 amide bonds. The molecular formula is C21H23NO4. The summed E-state index contributed by atoms with van der Waals surface area (Å²) in [7, 11) is 3.23. The number of Topliss-reactive ketones (excluding diaryl/α,β-unsaturated/α-hetero) is 1. The lowest BCUT2D eigenvalue weighted by molar-refractivity contribution is -0.122. The monoisotopic (exact) mass is 353 g/mol. The summed E-state index contributed by atoms with van der Waals surface area (Å²) < 4.78 is 10.6. The molecule has 2 aromatic carbocycles. The number of hydrogen-bond donors (Lipinski definition) is 1. The molecule has 0 spiro atoms. The van der Waals surface area contributed by atoms with E-state index in [4.69, 9.17) is 9.47 Å². The highest BCUT2D eigenvalue weighted by atomic mass is 16.5. The second kappa shape index (κ2) is 7.60. The van der Waals surface area contributed by atoms with Crippen molar-refractivity contribution in [1.82, 2.24) is 5.32 Å². The molecule has 1 aliphatic carbocycles. The maximum absolute atomic E-state index is 12.7. The molecule has 1 aliphatic rings. The van der Waals surface area contributed by atoms with E-state index in [0.717, 1.165) is 28.2 Å². The molecule has 0 aliphatic heterocycles. The number of hydrogen-bond acceptors (Lipinski definition) is 4. The van der Waals surface area contributed by atoms with Crippen LogP contribution in [-0.2, 0) is 11.2 Å². The van der Waals surface area contributed by atoms with Gasteiger partial charge in [-0.15, -0.1) is 0 Å². The van der Waals surface area contributed by atoms with Gasteiger partial charge >= 0.3 is 0 Å². The molecule has 0 radical (unpaired) electrons. The SMILES string of the molecule is COc1ccc(OC)c(CCNC(=O)C2CC(=O)c3cccc(C)c32)c1. The largest absolute Gasteiger partial charge is 0.497 e. The van der Waals surface area contributed by atoms with Gasteiger partial charge in [0.2, 0.25) is 5.91 Å². The van der Waals surface area contributed by atoms with Gasteiger partial charge in [0, 0.05) is 18.5 Å². The zero-order chi connectivity index (χ0) is 18.7. The minimum atomic E-state index is -0.397. The highest BCUT2D eigenvalue weighted by molar-refractivity contribution is 6.07. The average molecular weight is 353 g/mol. The van der Waals surface area contributed by atoms with E-state index in [9.17, 15) is 9.59 Å². The Hall–Kier alpha value is -2.82. The maximum Gasteiger partial charge on any atom is 0.228 e. The molecule has 5 heteroatoms. The summed E-state index contributed by atoms with van der Waals surface area (Å²) in [5.41, 5.74) is 3.50. The Balaban J connectivity index is 1.67. The summed E-state index contributed by atoms with van der Waals surface area (Å²) in [6.45, 7) is 2.41. The molecule has 3 rings (SSSR count). The Morgan fingerprint density at radius 1 is 1.19 bits per heavy atom. The van der Waals surface area contributed by atoms with Crippen molar-refractivity contribution in [2.75, 3.05) is 20.8 Å². The number of amides is 1. The summed E-state index contributed by atoms with van der Waals surface area (Å²) in [6.07, 6.45) is 0.863. The zero-order valence-corrected chi connectivity index (χ0v) is 15.3. The van der Waals surface area contributed by atoms with Gasteiger partial charge in [-0.2, -0.15) is 0 Å². The van der Waals surface area contributed by atoms with Crippen molar-refractivity contribution in [3.8, 4) is 11.5 Å². The number of carbonyl (C=O) groups excluding carboxylic acids is 2. The van der Waals surface area contributed by atoms with Crippen molar-refractivity contribution in [1.29, 1.82) is 0 Å². The Kier molecular flexibility index (Phi) is 5.26. The van der Waals surface area contributed by atoms with Gasteiger partial charge in [0.05, 0.1) is 20.1 Å². The lowest BCUT2D eigenvalue weighted by Gasteiger charge is -2.15. The minimum absolute atomic E-state index is 0.0401. The van der Waals surface area contributed by atoms with E-state index >= 15 is 0 Å². The molecule has 1 atom stereocenters. The molecule has 0 bridgehead atoms. The Bertz CT molecular complexity index is 844. The number of aryl methyl sites for hydroxylation is 1. The van der Waals surface area contributed by atoms with Gasteiger partial charge < -0.3 is 14.8 Å². The van der Waals surface area contributed by atoms with Gasteiger partial charge in [-0.3, -0.25) is 9.59 Å². The number of ether oxygens (including phenoxy) is 2. The Morgan fingerprint density at radius 2 is 2.00 bits per heavy atom. The van der Waals surface area contributed by atoms with Gasteiger partial charge in [-0.05, 0) is 48.2 Å². The van der Waals surface area contributed by atoms with Crippen LogP contribution in [0.1, 0.15) is 39.4 Å². The highest BCUT2D eigenvalue weighted by Crippen LogP contribution is 2.35. The molecule has 1 unspecified atom stereocenters. The average Bonchev–Trinajstić information content (AvgIpc) is 3.00. The third kappa shape index (κ3) is 3.43. The number of nitrogens with one attached hydrogen (secondary N) is 1. The number of rotatable bonds is 6. The quantitative estimate of drug-likeness (QED) is 0.867. The van der Waals surface area contributed by atoms with Crippen molar-refractivity contribution >= 4 is 11.7 Å². The number of fused-ring (bicyclic) bond motifs is 1. The zero-order valence-electron chi connectivity index (χ0n) is 15.3. The van der Waals surface area contributed by atoms with Gasteiger partial charge in [0.1, 0.15) is 11.5 Å². The number of carbonyl (C=O) groups is 2. The Labute approximate surface area is 153 Å². The molecule has 0 saturated carbocycles. The summed E-state index contributed by atoms with van der Waals surface area (Å²) in [4.78, 5) is 24.8. The van der Waals surface area contributed by atoms with Gasteiger partial charge in [0.15, 0.2) is 5.78 Å². The van der Waals surface area contributed by atoms with Crippen LogP contribution >= 0.6 is 0 Å². The van der Waals surface area contributed by atoms with Crippen LogP contribution in [0.15, 0.2) is 36.4 Å². The van der Waals surface area contributed by atoms with Crippen LogP contribution in [0.5, 0.6) is 11.5 Å². The smallest absolute Gasteiger partial charge is 0.228 e. The first kappa shape index (κ1) is 18.0. The molecular weight excluding hydrogens is 330 g/mol. The third-order valence-corrected chi connectivity index (χ3v) is 4.86. The predicted molar refractivity (Wildman–Crippen MR) is 99.1 cm³/mol. The topological polar surface area (TPSA) is 64.6 Å². The molecule has 5 nitrogen and oxygen atoms in total. The fraction of sp³-hybridized carbons (Fsp3) is 0.333. The van der Waals surface area contributed by atoms with Gasteiger partial charge in [0.25, 0.3) is 0 Å². The lowest BCUT2D eigenvalue weighted by Crippen LogP contribution is -2.30. The van der Waals surface area contributed by atoms with Crippen molar-refractivity contribution in [2.24, 2.45) is 0 Å².